The Morgan fingerprint density at radius 2 is 2.05 bits per heavy atom. The number of amides is 2. The number of hydrogen-bond donors (Lipinski definition) is 3. The molecule has 1 saturated heterocycles. The first-order valence-corrected chi connectivity index (χ1v) is 6.81. The number of aliphatic carboxylic acids is 1. The summed E-state index contributed by atoms with van der Waals surface area (Å²) >= 11 is 0. The highest BCUT2D eigenvalue weighted by molar-refractivity contribution is 5.80. The summed E-state index contributed by atoms with van der Waals surface area (Å²) in [5.41, 5.74) is 0. The summed E-state index contributed by atoms with van der Waals surface area (Å²) in [5, 5.41) is 14.8. The molecular weight excluding hydrogens is 248 g/mol. The largest absolute Gasteiger partial charge is 0.480 e. The zero-order chi connectivity index (χ0) is 14.1. The molecule has 0 radical (unpaired) electrons. The minimum atomic E-state index is -0.981. The molecule has 3 N–H and O–H groups in total. The number of nitrogens with zero attached hydrogens (tertiary/aromatic N) is 2. The predicted octanol–water partition coefficient (Wildman–Crippen LogP) is -0.602. The van der Waals surface area contributed by atoms with Gasteiger partial charge in [0.1, 0.15) is 6.54 Å². The molecule has 0 saturated carbocycles. The standard InChI is InChI=1S/C12H24N4O3/c1-2-6-16(10-11(17)18)12(19)14-5-9-15-7-3-13-4-8-15/h13H,2-10H2,1H3,(H,14,19)(H,17,18). The first-order valence-electron chi connectivity index (χ1n) is 6.81. The third-order valence-corrected chi connectivity index (χ3v) is 3.02. The van der Waals surface area contributed by atoms with Gasteiger partial charge in [-0.25, -0.2) is 4.79 Å². The van der Waals surface area contributed by atoms with Crippen LogP contribution in [0.1, 0.15) is 13.3 Å². The van der Waals surface area contributed by atoms with Crippen LogP contribution in [0.25, 0.3) is 0 Å². The first-order chi connectivity index (χ1) is 9.13. The molecule has 1 aliphatic rings. The quantitative estimate of drug-likeness (QED) is 0.576. The Hall–Kier alpha value is -1.34. The molecule has 0 aromatic rings. The SMILES string of the molecule is CCCN(CC(=O)O)C(=O)NCCN1CCNCC1. The lowest BCUT2D eigenvalue weighted by atomic mass is 10.3. The van der Waals surface area contributed by atoms with Crippen molar-refractivity contribution in [2.45, 2.75) is 13.3 Å². The Morgan fingerprint density at radius 1 is 1.37 bits per heavy atom. The highest BCUT2D eigenvalue weighted by Crippen LogP contribution is 1.94. The summed E-state index contributed by atoms with van der Waals surface area (Å²) in [6, 6.07) is -0.292. The molecule has 19 heavy (non-hydrogen) atoms. The predicted molar refractivity (Wildman–Crippen MR) is 72.2 cm³/mol. The van der Waals surface area contributed by atoms with E-state index in [-0.39, 0.29) is 12.6 Å². The van der Waals surface area contributed by atoms with Crippen molar-refractivity contribution < 1.29 is 14.7 Å². The maximum atomic E-state index is 11.8. The first kappa shape index (κ1) is 15.7. The van der Waals surface area contributed by atoms with Crippen LogP contribution < -0.4 is 10.6 Å². The normalized spacial score (nSPS) is 16.1. The molecule has 0 unspecified atom stereocenters. The Balaban J connectivity index is 2.24. The molecule has 0 spiro atoms. The van der Waals surface area contributed by atoms with Crippen molar-refractivity contribution in [3.8, 4) is 0 Å². The molecule has 1 fully saturated rings. The summed E-state index contributed by atoms with van der Waals surface area (Å²) in [6.07, 6.45) is 0.749. The summed E-state index contributed by atoms with van der Waals surface area (Å²) in [6.45, 7) is 7.44. The van der Waals surface area contributed by atoms with Crippen LogP contribution in [0.15, 0.2) is 0 Å². The topological polar surface area (TPSA) is 84.9 Å². The van der Waals surface area contributed by atoms with E-state index in [2.05, 4.69) is 15.5 Å². The van der Waals surface area contributed by atoms with E-state index in [0.29, 0.717) is 13.1 Å². The molecule has 0 atom stereocenters. The van der Waals surface area contributed by atoms with Crippen LogP contribution in [-0.2, 0) is 4.79 Å². The molecule has 2 amide bonds. The second kappa shape index (κ2) is 8.71. The number of nitrogens with one attached hydrogen (secondary N) is 2. The molecule has 7 nitrogen and oxygen atoms in total. The molecule has 0 bridgehead atoms. The van der Waals surface area contributed by atoms with Crippen LogP contribution in [0.4, 0.5) is 4.79 Å². The van der Waals surface area contributed by atoms with Gasteiger partial charge >= 0.3 is 12.0 Å². The minimum Gasteiger partial charge on any atom is -0.480 e. The number of urea groups is 1. The fraction of sp³-hybridized carbons (Fsp3) is 0.833. The number of rotatable bonds is 7. The zero-order valence-corrected chi connectivity index (χ0v) is 11.5. The van der Waals surface area contributed by atoms with Gasteiger partial charge in [-0.05, 0) is 6.42 Å². The summed E-state index contributed by atoms with van der Waals surface area (Å²) in [4.78, 5) is 26.1. The Bertz CT molecular complexity index is 293. The van der Waals surface area contributed by atoms with E-state index in [1.807, 2.05) is 6.92 Å². The molecule has 0 aliphatic carbocycles. The lowest BCUT2D eigenvalue weighted by Crippen LogP contribution is -2.48. The number of carbonyl (C=O) groups excluding carboxylic acids is 1. The molecule has 7 heteroatoms. The van der Waals surface area contributed by atoms with Crippen molar-refractivity contribution in [3.05, 3.63) is 0 Å². The van der Waals surface area contributed by atoms with Crippen molar-refractivity contribution in [2.75, 3.05) is 52.4 Å². The van der Waals surface area contributed by atoms with Crippen LogP contribution >= 0.6 is 0 Å². The monoisotopic (exact) mass is 272 g/mol. The van der Waals surface area contributed by atoms with Gasteiger partial charge in [-0.15, -0.1) is 0 Å². The van der Waals surface area contributed by atoms with Crippen molar-refractivity contribution in [1.29, 1.82) is 0 Å². The van der Waals surface area contributed by atoms with Crippen LogP contribution in [0.3, 0.4) is 0 Å². The second-order valence-electron chi connectivity index (χ2n) is 4.64. The van der Waals surface area contributed by atoms with Gasteiger partial charge in [0.15, 0.2) is 0 Å². The zero-order valence-electron chi connectivity index (χ0n) is 11.5. The van der Waals surface area contributed by atoms with Crippen molar-refractivity contribution in [2.24, 2.45) is 0 Å². The van der Waals surface area contributed by atoms with Crippen molar-refractivity contribution >= 4 is 12.0 Å². The average molecular weight is 272 g/mol. The molecule has 0 aromatic carbocycles. The third-order valence-electron chi connectivity index (χ3n) is 3.02. The highest BCUT2D eigenvalue weighted by Gasteiger charge is 2.16. The number of hydrogen-bond acceptors (Lipinski definition) is 4. The van der Waals surface area contributed by atoms with E-state index in [1.165, 1.54) is 4.90 Å². The molecule has 110 valence electrons. The van der Waals surface area contributed by atoms with Crippen molar-refractivity contribution in [1.82, 2.24) is 20.4 Å². The van der Waals surface area contributed by atoms with Gasteiger partial charge in [0.25, 0.3) is 0 Å². The fourth-order valence-corrected chi connectivity index (χ4v) is 2.05. The maximum absolute atomic E-state index is 11.8. The van der Waals surface area contributed by atoms with Gasteiger partial charge in [0, 0.05) is 45.8 Å². The number of carboxylic acid groups (broad SMARTS) is 1. The number of carboxylic acids is 1. The Labute approximate surface area is 113 Å². The van der Waals surface area contributed by atoms with Crippen LogP contribution in [0.5, 0.6) is 0 Å². The van der Waals surface area contributed by atoms with Gasteiger partial charge in [0.2, 0.25) is 0 Å². The Kier molecular flexibility index (Phi) is 7.20. The fourth-order valence-electron chi connectivity index (χ4n) is 2.05. The van der Waals surface area contributed by atoms with E-state index in [0.717, 1.165) is 39.1 Å². The molecule has 1 aliphatic heterocycles. The highest BCUT2D eigenvalue weighted by atomic mass is 16.4. The van der Waals surface area contributed by atoms with Crippen LogP contribution in [0.2, 0.25) is 0 Å². The van der Waals surface area contributed by atoms with Gasteiger partial charge < -0.3 is 20.6 Å². The van der Waals surface area contributed by atoms with E-state index >= 15 is 0 Å². The molecule has 1 heterocycles. The van der Waals surface area contributed by atoms with Crippen LogP contribution in [0, 0.1) is 0 Å². The van der Waals surface area contributed by atoms with Gasteiger partial charge in [-0.1, -0.05) is 6.92 Å². The maximum Gasteiger partial charge on any atom is 0.323 e. The summed E-state index contributed by atoms with van der Waals surface area (Å²) in [7, 11) is 0. The summed E-state index contributed by atoms with van der Waals surface area (Å²) < 4.78 is 0. The smallest absolute Gasteiger partial charge is 0.323 e. The lowest BCUT2D eigenvalue weighted by Gasteiger charge is -2.27. The van der Waals surface area contributed by atoms with E-state index in [9.17, 15) is 9.59 Å². The molecular formula is C12H24N4O3. The van der Waals surface area contributed by atoms with E-state index in [1.54, 1.807) is 0 Å². The van der Waals surface area contributed by atoms with Gasteiger partial charge in [-0.2, -0.15) is 0 Å². The molecule has 1 rings (SSSR count). The van der Waals surface area contributed by atoms with Gasteiger partial charge in [-0.3, -0.25) is 9.69 Å². The lowest BCUT2D eigenvalue weighted by molar-refractivity contribution is -0.137. The number of piperazine rings is 1. The van der Waals surface area contributed by atoms with Gasteiger partial charge in [0.05, 0.1) is 0 Å². The summed E-state index contributed by atoms with van der Waals surface area (Å²) in [5.74, 6) is -0.981. The molecule has 0 aromatic heterocycles. The Morgan fingerprint density at radius 3 is 2.63 bits per heavy atom. The third kappa shape index (κ3) is 6.40. The average Bonchev–Trinajstić information content (AvgIpc) is 2.39. The van der Waals surface area contributed by atoms with Crippen LogP contribution in [-0.4, -0.2) is 79.3 Å². The second-order valence-corrected chi connectivity index (χ2v) is 4.64. The number of carbonyl (C=O) groups is 2. The van der Waals surface area contributed by atoms with Crippen molar-refractivity contribution in [3.63, 3.8) is 0 Å². The van der Waals surface area contributed by atoms with E-state index in [4.69, 9.17) is 5.11 Å². The van der Waals surface area contributed by atoms with E-state index < -0.39 is 5.97 Å². The minimum absolute atomic E-state index is 0.243.